The number of benzene rings is 3. The van der Waals surface area contributed by atoms with Crippen LogP contribution in [0, 0.1) is 16.7 Å². The number of carbonyl (C=O) groups excluding carboxylic acids is 5. The number of fused-ring (bicyclic) bond motifs is 2. The summed E-state index contributed by atoms with van der Waals surface area (Å²) in [6, 6.07) is 19.3. The van der Waals surface area contributed by atoms with Crippen LogP contribution in [0.4, 0.5) is 11.4 Å². The van der Waals surface area contributed by atoms with Gasteiger partial charge in [0.1, 0.15) is 12.1 Å². The Balaban J connectivity index is 0.766. The van der Waals surface area contributed by atoms with Gasteiger partial charge in [-0.05, 0) is 117 Å². The highest BCUT2D eigenvalue weighted by Crippen LogP contribution is 2.46. The SMILES string of the molecule is C[C@H]1CC2(CCN(c3ccc(C(=O)N4CCC(N5Cc6cc7c(cc6C5)C(=O)N(C5CCC(=O)NC5=O)C7=O)CC4)cc3)CC2)CN1c1ccc(C#N)c(Cl)c1. The molecule has 6 aliphatic heterocycles. The third-order valence-corrected chi connectivity index (χ3v) is 13.6. The summed E-state index contributed by atoms with van der Waals surface area (Å²) in [7, 11) is 0. The normalized spacial score (nSPS) is 23.8. The van der Waals surface area contributed by atoms with Gasteiger partial charge in [-0.25, -0.2) is 0 Å². The lowest BCUT2D eigenvalue weighted by Crippen LogP contribution is -2.54. The maximum atomic E-state index is 13.6. The molecule has 12 nitrogen and oxygen atoms in total. The fourth-order valence-electron chi connectivity index (χ4n) is 10.1. The molecule has 0 aliphatic carbocycles. The Hall–Kier alpha value is -5.25. The van der Waals surface area contributed by atoms with Crippen molar-refractivity contribution < 1.29 is 24.0 Å². The van der Waals surface area contributed by atoms with E-state index in [1.165, 1.54) is 0 Å². The number of halogens is 1. The van der Waals surface area contributed by atoms with E-state index in [1.54, 1.807) is 12.1 Å². The van der Waals surface area contributed by atoms with Crippen LogP contribution in [-0.4, -0.2) is 95.1 Å². The van der Waals surface area contributed by atoms with E-state index in [0.717, 1.165) is 79.1 Å². The quantitative estimate of drug-likeness (QED) is 0.351. The topological polar surface area (TPSA) is 137 Å². The summed E-state index contributed by atoms with van der Waals surface area (Å²) in [5.41, 5.74) is 6.31. The molecule has 0 aromatic heterocycles. The van der Waals surface area contributed by atoms with Gasteiger partial charge in [-0.3, -0.25) is 39.1 Å². The number of nitriles is 1. The Bertz CT molecular complexity index is 2160. The van der Waals surface area contributed by atoms with Crippen molar-refractivity contribution in [2.45, 2.75) is 83.1 Å². The molecule has 288 valence electrons. The highest BCUT2D eigenvalue weighted by atomic mass is 35.5. The van der Waals surface area contributed by atoms with Crippen molar-refractivity contribution in [2.24, 2.45) is 5.41 Å². The number of nitrogens with zero attached hydrogens (tertiary/aromatic N) is 6. The first-order valence-electron chi connectivity index (χ1n) is 19.7. The molecule has 4 fully saturated rings. The third kappa shape index (κ3) is 6.31. The van der Waals surface area contributed by atoms with Crippen molar-refractivity contribution in [2.75, 3.05) is 42.5 Å². The molecular formula is C43H44ClN7O5. The maximum Gasteiger partial charge on any atom is 0.262 e. The Morgan fingerprint density at radius 3 is 2.11 bits per heavy atom. The van der Waals surface area contributed by atoms with Gasteiger partial charge in [0.15, 0.2) is 0 Å². The maximum absolute atomic E-state index is 13.6. The van der Waals surface area contributed by atoms with Crippen LogP contribution in [0.15, 0.2) is 54.6 Å². The highest BCUT2D eigenvalue weighted by Gasteiger charge is 2.46. The summed E-state index contributed by atoms with van der Waals surface area (Å²) < 4.78 is 0. The molecule has 0 saturated carbocycles. The predicted molar refractivity (Wildman–Crippen MR) is 209 cm³/mol. The van der Waals surface area contributed by atoms with E-state index >= 15 is 0 Å². The van der Waals surface area contributed by atoms with Crippen LogP contribution in [0.1, 0.15) is 99.6 Å². The van der Waals surface area contributed by atoms with Crippen LogP contribution in [0.3, 0.4) is 0 Å². The molecule has 5 amide bonds. The lowest BCUT2D eigenvalue weighted by molar-refractivity contribution is -0.136. The number of hydrogen-bond donors (Lipinski definition) is 1. The van der Waals surface area contributed by atoms with Crippen molar-refractivity contribution >= 4 is 52.5 Å². The number of hydrogen-bond acceptors (Lipinski definition) is 9. The molecule has 3 aromatic rings. The molecule has 2 atom stereocenters. The molecule has 1 N–H and O–H groups in total. The van der Waals surface area contributed by atoms with E-state index in [4.69, 9.17) is 11.6 Å². The number of amides is 5. The highest BCUT2D eigenvalue weighted by molar-refractivity contribution is 6.32. The third-order valence-electron chi connectivity index (χ3n) is 13.2. The molecule has 9 rings (SSSR count). The average Bonchev–Trinajstić information content (AvgIpc) is 3.84. The van der Waals surface area contributed by atoms with Gasteiger partial charge in [0.25, 0.3) is 17.7 Å². The number of rotatable bonds is 5. The molecule has 13 heteroatoms. The second-order valence-corrected chi connectivity index (χ2v) is 16.9. The van der Waals surface area contributed by atoms with Crippen molar-refractivity contribution in [3.8, 4) is 6.07 Å². The summed E-state index contributed by atoms with van der Waals surface area (Å²) in [6.07, 6.45) is 5.21. The largest absolute Gasteiger partial charge is 0.371 e. The van der Waals surface area contributed by atoms with Gasteiger partial charge >= 0.3 is 0 Å². The lowest BCUT2D eigenvalue weighted by atomic mass is 9.76. The fourth-order valence-corrected chi connectivity index (χ4v) is 10.3. The predicted octanol–water partition coefficient (Wildman–Crippen LogP) is 5.12. The Kier molecular flexibility index (Phi) is 9.13. The van der Waals surface area contributed by atoms with E-state index in [1.807, 2.05) is 35.2 Å². The van der Waals surface area contributed by atoms with Gasteiger partial charge in [-0.1, -0.05) is 11.6 Å². The van der Waals surface area contributed by atoms with Crippen LogP contribution < -0.4 is 15.1 Å². The lowest BCUT2D eigenvalue weighted by Gasteiger charge is -2.40. The standard InChI is InChI=1S/C43H44ClN7O5/c1-26-21-43(25-50(26)33-7-4-28(22-45)36(44)20-33)12-16-47(17-13-43)31-5-2-27(3-6-31)40(54)48-14-10-32(11-15-48)49-23-29-18-34-35(19-30(29)24-49)42(56)51(41(34)55)37-8-9-38(52)46-39(37)53/h2-7,18-20,26,32,37H,8-17,21,23-25H2,1H3,(H,46,52,53)/t26-,37?/m0/s1. The zero-order valence-electron chi connectivity index (χ0n) is 31.4. The van der Waals surface area contributed by atoms with E-state index in [0.29, 0.717) is 59.5 Å². The molecular weight excluding hydrogens is 730 g/mol. The number of imide groups is 2. The van der Waals surface area contributed by atoms with Gasteiger partial charge < -0.3 is 14.7 Å². The number of anilines is 2. The summed E-state index contributed by atoms with van der Waals surface area (Å²) in [6.45, 7) is 7.81. The molecule has 1 spiro atoms. The number of likely N-dealkylation sites (tertiary alicyclic amines) is 1. The summed E-state index contributed by atoms with van der Waals surface area (Å²) in [5, 5.41) is 12.0. The first-order valence-corrected chi connectivity index (χ1v) is 20.1. The van der Waals surface area contributed by atoms with Gasteiger partial charge in [-0.15, -0.1) is 0 Å². The van der Waals surface area contributed by atoms with Gasteiger partial charge in [0, 0.05) is 81.3 Å². The van der Waals surface area contributed by atoms with E-state index < -0.39 is 29.7 Å². The monoisotopic (exact) mass is 773 g/mol. The van der Waals surface area contributed by atoms with Gasteiger partial charge in [0.2, 0.25) is 11.8 Å². The Morgan fingerprint density at radius 1 is 0.857 bits per heavy atom. The fraction of sp³-hybridized carbons (Fsp3) is 0.442. The first kappa shape index (κ1) is 36.4. The molecule has 56 heavy (non-hydrogen) atoms. The summed E-state index contributed by atoms with van der Waals surface area (Å²) >= 11 is 6.37. The minimum atomic E-state index is -0.975. The average molecular weight is 774 g/mol. The summed E-state index contributed by atoms with van der Waals surface area (Å²) in [5.74, 6) is -1.92. The zero-order valence-corrected chi connectivity index (χ0v) is 32.2. The molecule has 0 radical (unpaired) electrons. The van der Waals surface area contributed by atoms with Crippen molar-refractivity contribution in [3.05, 3.63) is 93.0 Å². The molecule has 3 aromatic carbocycles. The van der Waals surface area contributed by atoms with Crippen molar-refractivity contribution in [3.63, 3.8) is 0 Å². The molecule has 0 bridgehead atoms. The molecule has 6 aliphatic rings. The van der Waals surface area contributed by atoms with Crippen LogP contribution >= 0.6 is 11.6 Å². The van der Waals surface area contributed by atoms with Crippen molar-refractivity contribution in [1.29, 1.82) is 5.26 Å². The van der Waals surface area contributed by atoms with Gasteiger partial charge in [-0.2, -0.15) is 5.26 Å². The summed E-state index contributed by atoms with van der Waals surface area (Å²) in [4.78, 5) is 74.6. The molecule has 4 saturated heterocycles. The van der Waals surface area contributed by atoms with E-state index in [-0.39, 0.29) is 30.2 Å². The van der Waals surface area contributed by atoms with Crippen LogP contribution in [-0.2, 0) is 22.7 Å². The van der Waals surface area contributed by atoms with E-state index in [9.17, 15) is 29.2 Å². The first-order chi connectivity index (χ1) is 27.0. The van der Waals surface area contributed by atoms with Crippen LogP contribution in [0.5, 0.6) is 0 Å². The van der Waals surface area contributed by atoms with Gasteiger partial charge in [0.05, 0.1) is 21.7 Å². The van der Waals surface area contributed by atoms with Crippen LogP contribution in [0.2, 0.25) is 5.02 Å². The molecule has 1 unspecified atom stereocenters. The number of carbonyl (C=O) groups is 5. The van der Waals surface area contributed by atoms with Crippen LogP contribution in [0.25, 0.3) is 0 Å². The minimum Gasteiger partial charge on any atom is -0.371 e. The Morgan fingerprint density at radius 2 is 1.50 bits per heavy atom. The van der Waals surface area contributed by atoms with E-state index in [2.05, 4.69) is 45.1 Å². The number of piperidine rings is 3. The number of nitrogens with one attached hydrogen (secondary N) is 1. The smallest absolute Gasteiger partial charge is 0.262 e. The Labute approximate surface area is 330 Å². The zero-order chi connectivity index (χ0) is 38.9. The minimum absolute atomic E-state index is 0.0502. The molecule has 6 heterocycles. The second kappa shape index (κ2) is 14.0. The van der Waals surface area contributed by atoms with Crippen molar-refractivity contribution in [1.82, 2.24) is 20.0 Å². The second-order valence-electron chi connectivity index (χ2n) is 16.5.